The first-order chi connectivity index (χ1) is 6.81. The van der Waals surface area contributed by atoms with Crippen molar-refractivity contribution in [3.8, 4) is 0 Å². The molecule has 0 aliphatic carbocycles. The molecule has 14 heavy (non-hydrogen) atoms. The van der Waals surface area contributed by atoms with Crippen molar-refractivity contribution >= 4 is 17.0 Å². The first-order valence-electron chi connectivity index (χ1n) is 4.59. The average Bonchev–Trinajstić information content (AvgIpc) is 2.57. The van der Waals surface area contributed by atoms with Crippen LogP contribution in [0.15, 0.2) is 30.5 Å². The summed E-state index contributed by atoms with van der Waals surface area (Å²) < 4.78 is 1.87. The number of hydrogen-bond donors (Lipinski definition) is 1. The van der Waals surface area contributed by atoms with E-state index in [4.69, 9.17) is 5.73 Å². The maximum atomic E-state index is 5.39. The van der Waals surface area contributed by atoms with E-state index in [-0.39, 0.29) is 0 Å². The fourth-order valence-corrected chi connectivity index (χ4v) is 1.47. The summed E-state index contributed by atoms with van der Waals surface area (Å²) in [5, 5.41) is 5.35. The number of benzene rings is 1. The van der Waals surface area contributed by atoms with Gasteiger partial charge in [0.15, 0.2) is 0 Å². The molecule has 1 heterocycles. The van der Waals surface area contributed by atoms with E-state index < -0.39 is 0 Å². The van der Waals surface area contributed by atoms with Gasteiger partial charge in [-0.25, -0.2) is 0 Å². The smallest absolute Gasteiger partial charge is 0.0685 e. The van der Waals surface area contributed by atoms with Gasteiger partial charge in [-0.3, -0.25) is 4.68 Å². The van der Waals surface area contributed by atoms with Gasteiger partial charge in [0.1, 0.15) is 0 Å². The lowest BCUT2D eigenvalue weighted by molar-refractivity contribution is 0.797. The Labute approximate surface area is 82.8 Å². The molecule has 0 bridgehead atoms. The fourth-order valence-electron chi connectivity index (χ4n) is 1.47. The maximum Gasteiger partial charge on any atom is 0.0685 e. The molecule has 1 aromatic carbocycles. The van der Waals surface area contributed by atoms with Crippen LogP contribution in [0.5, 0.6) is 0 Å². The van der Waals surface area contributed by atoms with Gasteiger partial charge in [0.05, 0.1) is 11.7 Å². The van der Waals surface area contributed by atoms with E-state index >= 15 is 0 Å². The zero-order chi connectivity index (χ0) is 9.97. The van der Waals surface area contributed by atoms with Gasteiger partial charge in [0, 0.05) is 19.0 Å². The van der Waals surface area contributed by atoms with E-state index in [1.54, 1.807) is 0 Å². The van der Waals surface area contributed by atoms with Crippen molar-refractivity contribution in [1.29, 1.82) is 0 Å². The van der Waals surface area contributed by atoms with Crippen LogP contribution >= 0.6 is 0 Å². The molecule has 0 spiro atoms. The lowest BCUT2D eigenvalue weighted by atomic mass is 10.1. The Balaban J connectivity index is 2.49. The van der Waals surface area contributed by atoms with Gasteiger partial charge in [-0.05, 0) is 11.6 Å². The van der Waals surface area contributed by atoms with Gasteiger partial charge in [0.25, 0.3) is 0 Å². The lowest BCUT2D eigenvalue weighted by Gasteiger charge is -1.96. The molecule has 0 aliphatic heterocycles. The minimum Gasteiger partial charge on any atom is -0.327 e. The molecule has 3 nitrogen and oxygen atoms in total. The van der Waals surface area contributed by atoms with Crippen molar-refractivity contribution in [2.45, 2.75) is 0 Å². The number of nitrogens with two attached hydrogens (primary N) is 1. The average molecular weight is 187 g/mol. The summed E-state index contributed by atoms with van der Waals surface area (Å²) in [7, 11) is 1.94. The van der Waals surface area contributed by atoms with E-state index in [1.807, 2.05) is 30.1 Å². The molecular weight excluding hydrogens is 174 g/mol. The first-order valence-corrected chi connectivity index (χ1v) is 4.59. The molecule has 0 radical (unpaired) electrons. The van der Waals surface area contributed by atoms with E-state index in [1.165, 1.54) is 0 Å². The third kappa shape index (κ3) is 1.54. The maximum absolute atomic E-state index is 5.39. The van der Waals surface area contributed by atoms with Gasteiger partial charge in [-0.2, -0.15) is 5.10 Å². The van der Waals surface area contributed by atoms with Gasteiger partial charge >= 0.3 is 0 Å². The molecule has 0 saturated heterocycles. The zero-order valence-corrected chi connectivity index (χ0v) is 8.14. The number of hydrogen-bond acceptors (Lipinski definition) is 2. The number of rotatable bonds is 2. The van der Waals surface area contributed by atoms with E-state index in [9.17, 15) is 0 Å². The van der Waals surface area contributed by atoms with Crippen LogP contribution in [0.25, 0.3) is 17.0 Å². The summed E-state index contributed by atoms with van der Waals surface area (Å²) in [4.78, 5) is 0. The van der Waals surface area contributed by atoms with Gasteiger partial charge in [-0.1, -0.05) is 24.3 Å². The first kappa shape index (κ1) is 8.97. The van der Waals surface area contributed by atoms with Crippen LogP contribution in [-0.2, 0) is 7.05 Å². The Morgan fingerprint density at radius 3 is 3.14 bits per heavy atom. The molecule has 0 fully saturated rings. The summed E-state index contributed by atoms with van der Waals surface area (Å²) in [6.07, 6.45) is 5.83. The number of aryl methyl sites for hydroxylation is 1. The van der Waals surface area contributed by atoms with Crippen molar-refractivity contribution in [2.75, 3.05) is 6.54 Å². The summed E-state index contributed by atoms with van der Waals surface area (Å²) >= 11 is 0. The Morgan fingerprint density at radius 2 is 2.36 bits per heavy atom. The van der Waals surface area contributed by atoms with Crippen LogP contribution in [0.1, 0.15) is 5.56 Å². The van der Waals surface area contributed by atoms with Crippen molar-refractivity contribution in [1.82, 2.24) is 9.78 Å². The van der Waals surface area contributed by atoms with Crippen LogP contribution in [0.2, 0.25) is 0 Å². The topological polar surface area (TPSA) is 43.8 Å². The second kappa shape index (κ2) is 3.64. The molecule has 2 aromatic rings. The Hall–Kier alpha value is -1.61. The van der Waals surface area contributed by atoms with Crippen molar-refractivity contribution < 1.29 is 0 Å². The normalized spacial score (nSPS) is 11.6. The molecule has 2 N–H and O–H groups in total. The highest BCUT2D eigenvalue weighted by atomic mass is 15.2. The highest BCUT2D eigenvalue weighted by molar-refractivity contribution is 5.81. The Kier molecular flexibility index (Phi) is 2.33. The highest BCUT2D eigenvalue weighted by Gasteiger charge is 1.98. The van der Waals surface area contributed by atoms with Crippen molar-refractivity contribution in [2.24, 2.45) is 12.8 Å². The molecular formula is C11H13N3. The molecule has 0 saturated carbocycles. The van der Waals surface area contributed by atoms with Crippen LogP contribution in [-0.4, -0.2) is 16.3 Å². The minimum atomic E-state index is 0.573. The Morgan fingerprint density at radius 1 is 1.50 bits per heavy atom. The number of aromatic nitrogens is 2. The third-order valence-electron chi connectivity index (χ3n) is 2.22. The zero-order valence-electron chi connectivity index (χ0n) is 8.14. The highest BCUT2D eigenvalue weighted by Crippen LogP contribution is 2.15. The summed E-state index contributed by atoms with van der Waals surface area (Å²) in [6.45, 7) is 0.573. The molecule has 0 amide bonds. The largest absolute Gasteiger partial charge is 0.327 e. The second-order valence-electron chi connectivity index (χ2n) is 3.22. The quantitative estimate of drug-likeness (QED) is 0.775. The van der Waals surface area contributed by atoms with E-state index in [2.05, 4.69) is 23.3 Å². The third-order valence-corrected chi connectivity index (χ3v) is 2.22. The summed E-state index contributed by atoms with van der Waals surface area (Å²) in [5.74, 6) is 0. The van der Waals surface area contributed by atoms with Crippen molar-refractivity contribution in [3.05, 3.63) is 36.0 Å². The van der Waals surface area contributed by atoms with Crippen LogP contribution in [0, 0.1) is 0 Å². The Bertz CT molecular complexity index is 468. The minimum absolute atomic E-state index is 0.573. The SMILES string of the molecule is Cn1ncc2ccc(/C=C/CN)cc21. The summed E-state index contributed by atoms with van der Waals surface area (Å²) in [6, 6.07) is 6.24. The second-order valence-corrected chi connectivity index (χ2v) is 3.22. The molecule has 0 unspecified atom stereocenters. The van der Waals surface area contributed by atoms with Crippen LogP contribution < -0.4 is 5.73 Å². The standard InChI is InChI=1S/C11H13N3/c1-14-11-7-9(3-2-6-12)4-5-10(11)8-13-14/h2-5,7-8H,6,12H2,1H3/b3-2+. The van der Waals surface area contributed by atoms with Crippen LogP contribution in [0.4, 0.5) is 0 Å². The number of nitrogens with zero attached hydrogens (tertiary/aromatic N) is 2. The van der Waals surface area contributed by atoms with Crippen LogP contribution in [0.3, 0.4) is 0 Å². The lowest BCUT2D eigenvalue weighted by Crippen LogP contribution is -1.92. The van der Waals surface area contributed by atoms with Gasteiger partial charge in [-0.15, -0.1) is 0 Å². The molecule has 0 aliphatic rings. The number of fused-ring (bicyclic) bond motifs is 1. The monoisotopic (exact) mass is 187 g/mol. The van der Waals surface area contributed by atoms with E-state index in [0.717, 1.165) is 16.5 Å². The predicted octanol–water partition coefficient (Wildman–Crippen LogP) is 1.55. The van der Waals surface area contributed by atoms with E-state index in [0.29, 0.717) is 6.54 Å². The van der Waals surface area contributed by atoms with Crippen molar-refractivity contribution in [3.63, 3.8) is 0 Å². The van der Waals surface area contributed by atoms with Gasteiger partial charge in [0.2, 0.25) is 0 Å². The molecule has 3 heteroatoms. The molecule has 2 rings (SSSR count). The molecule has 1 aromatic heterocycles. The summed E-state index contributed by atoms with van der Waals surface area (Å²) in [5.41, 5.74) is 7.70. The van der Waals surface area contributed by atoms with Gasteiger partial charge < -0.3 is 5.73 Å². The molecule has 72 valence electrons. The predicted molar refractivity (Wildman–Crippen MR) is 58.8 cm³/mol. The molecule has 0 atom stereocenters. The fraction of sp³-hybridized carbons (Fsp3) is 0.182.